The number of benzene rings is 1. The molecule has 1 unspecified atom stereocenters. The summed E-state index contributed by atoms with van der Waals surface area (Å²) in [4.78, 5) is 15.6. The van der Waals surface area contributed by atoms with Crippen LogP contribution in [-0.4, -0.2) is 46.9 Å². The molecule has 1 aromatic rings. The molecule has 0 saturated carbocycles. The molecule has 0 amide bonds. The Morgan fingerprint density at radius 1 is 1.38 bits per heavy atom. The van der Waals surface area contributed by atoms with Gasteiger partial charge in [-0.3, -0.25) is 25.8 Å². The molecule has 0 aliphatic carbocycles. The summed E-state index contributed by atoms with van der Waals surface area (Å²) >= 11 is 0. The first-order chi connectivity index (χ1) is 10.2. The van der Waals surface area contributed by atoms with Crippen LogP contribution in [-0.2, 0) is 6.54 Å². The smallest absolute Gasteiger partial charge is 0.293 e. The van der Waals surface area contributed by atoms with Crippen molar-refractivity contribution in [1.29, 1.82) is 0 Å². The number of nitrogens with two attached hydrogens (primary N) is 1. The molecule has 114 valence electrons. The summed E-state index contributed by atoms with van der Waals surface area (Å²) < 4.78 is 0. The van der Waals surface area contributed by atoms with E-state index >= 15 is 0 Å². The molecule has 3 rings (SSSR count). The van der Waals surface area contributed by atoms with Crippen LogP contribution < -0.4 is 11.3 Å². The largest absolute Gasteiger partial charge is 0.318 e. The Hall–Kier alpha value is -1.70. The standard InChI is InChI=1S/C14H21N5O2/c15-16-13-4-3-11(8-14(13)19(20)21)9-17-6-7-18-5-1-2-12(18)10-17/h3-4,8,12,16H,1-2,5-7,9-10,15H2. The lowest BCUT2D eigenvalue weighted by Crippen LogP contribution is -2.49. The van der Waals surface area contributed by atoms with Gasteiger partial charge < -0.3 is 5.43 Å². The Morgan fingerprint density at radius 3 is 3.00 bits per heavy atom. The minimum absolute atomic E-state index is 0.0366. The number of hydrogen-bond donors (Lipinski definition) is 2. The monoisotopic (exact) mass is 291 g/mol. The van der Waals surface area contributed by atoms with Gasteiger partial charge in [0.15, 0.2) is 0 Å². The lowest BCUT2D eigenvalue weighted by molar-refractivity contribution is -0.384. The van der Waals surface area contributed by atoms with Crippen LogP contribution >= 0.6 is 0 Å². The second kappa shape index (κ2) is 5.97. The summed E-state index contributed by atoms with van der Waals surface area (Å²) in [7, 11) is 0. The summed E-state index contributed by atoms with van der Waals surface area (Å²) in [6, 6.07) is 5.87. The van der Waals surface area contributed by atoms with Gasteiger partial charge in [0.25, 0.3) is 5.69 Å². The number of nitrogen functional groups attached to an aromatic ring is 1. The van der Waals surface area contributed by atoms with Gasteiger partial charge >= 0.3 is 0 Å². The number of rotatable bonds is 4. The second-order valence-electron chi connectivity index (χ2n) is 5.82. The average molecular weight is 291 g/mol. The molecule has 0 bridgehead atoms. The molecule has 7 nitrogen and oxygen atoms in total. The molecule has 2 saturated heterocycles. The minimum Gasteiger partial charge on any atom is -0.318 e. The molecule has 2 fully saturated rings. The zero-order valence-electron chi connectivity index (χ0n) is 12.0. The van der Waals surface area contributed by atoms with E-state index < -0.39 is 4.92 Å². The SMILES string of the molecule is NNc1ccc(CN2CCN3CCCC3C2)cc1[N+](=O)[O-]. The van der Waals surface area contributed by atoms with Crippen molar-refractivity contribution in [3.05, 3.63) is 33.9 Å². The summed E-state index contributed by atoms with van der Waals surface area (Å²) in [6.07, 6.45) is 2.56. The first kappa shape index (κ1) is 14.2. The normalized spacial score (nSPS) is 23.0. The maximum Gasteiger partial charge on any atom is 0.293 e. The van der Waals surface area contributed by atoms with E-state index in [-0.39, 0.29) is 5.69 Å². The fraction of sp³-hybridized carbons (Fsp3) is 0.571. The maximum atomic E-state index is 11.1. The van der Waals surface area contributed by atoms with Crippen LogP contribution in [0.3, 0.4) is 0 Å². The van der Waals surface area contributed by atoms with Gasteiger partial charge in [0.05, 0.1) is 4.92 Å². The molecule has 3 N–H and O–H groups in total. The van der Waals surface area contributed by atoms with Gasteiger partial charge in [0, 0.05) is 38.3 Å². The summed E-state index contributed by atoms with van der Waals surface area (Å²) in [5.74, 6) is 5.31. The zero-order valence-corrected chi connectivity index (χ0v) is 12.0. The van der Waals surface area contributed by atoms with Crippen LogP contribution in [0, 0.1) is 10.1 Å². The molecule has 0 radical (unpaired) electrons. The molecule has 2 heterocycles. The van der Waals surface area contributed by atoms with Crippen molar-refractivity contribution in [1.82, 2.24) is 9.80 Å². The van der Waals surface area contributed by atoms with Gasteiger partial charge in [-0.25, -0.2) is 0 Å². The predicted octanol–water partition coefficient (Wildman–Crippen LogP) is 1.16. The number of piperazine rings is 1. The summed E-state index contributed by atoms with van der Waals surface area (Å²) in [5.41, 5.74) is 3.73. The molecule has 2 aliphatic heterocycles. The Labute approximate surface area is 123 Å². The fourth-order valence-electron chi connectivity index (χ4n) is 3.41. The third-order valence-corrected chi connectivity index (χ3v) is 4.49. The van der Waals surface area contributed by atoms with Crippen LogP contribution in [0.5, 0.6) is 0 Å². The van der Waals surface area contributed by atoms with Gasteiger partial charge in [-0.15, -0.1) is 0 Å². The van der Waals surface area contributed by atoms with Gasteiger partial charge in [0.2, 0.25) is 0 Å². The molecule has 21 heavy (non-hydrogen) atoms. The van der Waals surface area contributed by atoms with E-state index in [1.54, 1.807) is 12.1 Å². The quantitative estimate of drug-likeness (QED) is 0.492. The van der Waals surface area contributed by atoms with Crippen molar-refractivity contribution in [2.24, 2.45) is 5.84 Å². The molecule has 2 aliphatic rings. The zero-order chi connectivity index (χ0) is 14.8. The van der Waals surface area contributed by atoms with E-state index in [2.05, 4.69) is 15.2 Å². The van der Waals surface area contributed by atoms with Crippen LogP contribution in [0.25, 0.3) is 0 Å². The van der Waals surface area contributed by atoms with Crippen LogP contribution in [0.2, 0.25) is 0 Å². The second-order valence-corrected chi connectivity index (χ2v) is 5.82. The number of nitro groups is 1. The first-order valence-electron chi connectivity index (χ1n) is 7.37. The highest BCUT2D eigenvalue weighted by atomic mass is 16.6. The van der Waals surface area contributed by atoms with E-state index in [0.717, 1.165) is 31.7 Å². The third kappa shape index (κ3) is 2.99. The van der Waals surface area contributed by atoms with Crippen molar-refractivity contribution >= 4 is 11.4 Å². The van der Waals surface area contributed by atoms with Crippen molar-refractivity contribution < 1.29 is 4.92 Å². The van der Waals surface area contributed by atoms with Crippen molar-refractivity contribution in [2.45, 2.75) is 25.4 Å². The Kier molecular flexibility index (Phi) is 4.05. The van der Waals surface area contributed by atoms with E-state index in [1.165, 1.54) is 19.4 Å². The Morgan fingerprint density at radius 2 is 2.24 bits per heavy atom. The number of anilines is 1. The number of nitro benzene ring substituents is 1. The van der Waals surface area contributed by atoms with Crippen molar-refractivity contribution in [3.63, 3.8) is 0 Å². The van der Waals surface area contributed by atoms with Crippen LogP contribution in [0.1, 0.15) is 18.4 Å². The van der Waals surface area contributed by atoms with Gasteiger partial charge in [-0.2, -0.15) is 0 Å². The highest BCUT2D eigenvalue weighted by molar-refractivity contribution is 5.61. The van der Waals surface area contributed by atoms with Gasteiger partial charge in [-0.05, 0) is 31.0 Å². The van der Waals surface area contributed by atoms with Crippen LogP contribution in [0.4, 0.5) is 11.4 Å². The third-order valence-electron chi connectivity index (χ3n) is 4.49. The molecule has 7 heteroatoms. The maximum absolute atomic E-state index is 11.1. The molecular weight excluding hydrogens is 270 g/mol. The molecule has 0 aromatic heterocycles. The summed E-state index contributed by atoms with van der Waals surface area (Å²) in [6.45, 7) is 5.18. The van der Waals surface area contributed by atoms with E-state index in [4.69, 9.17) is 5.84 Å². The highest BCUT2D eigenvalue weighted by Gasteiger charge is 2.30. The number of fused-ring (bicyclic) bond motifs is 1. The minimum atomic E-state index is -0.395. The number of hydrogen-bond acceptors (Lipinski definition) is 6. The molecular formula is C14H21N5O2. The highest BCUT2D eigenvalue weighted by Crippen LogP contribution is 2.27. The number of nitrogens with zero attached hydrogens (tertiary/aromatic N) is 3. The van der Waals surface area contributed by atoms with E-state index in [1.807, 2.05) is 6.07 Å². The Balaban J connectivity index is 1.70. The van der Waals surface area contributed by atoms with Crippen LogP contribution in [0.15, 0.2) is 18.2 Å². The van der Waals surface area contributed by atoms with E-state index in [9.17, 15) is 10.1 Å². The van der Waals surface area contributed by atoms with Gasteiger partial charge in [0.1, 0.15) is 5.69 Å². The average Bonchev–Trinajstić information content (AvgIpc) is 2.94. The summed E-state index contributed by atoms with van der Waals surface area (Å²) in [5, 5.41) is 11.1. The molecule has 1 aromatic carbocycles. The Bertz CT molecular complexity index is 536. The topological polar surface area (TPSA) is 87.7 Å². The molecule has 1 atom stereocenters. The number of nitrogens with one attached hydrogen (secondary N) is 1. The lowest BCUT2D eigenvalue weighted by Gasteiger charge is -2.37. The number of hydrazine groups is 1. The first-order valence-corrected chi connectivity index (χ1v) is 7.37. The van der Waals surface area contributed by atoms with Crippen molar-refractivity contribution in [2.75, 3.05) is 31.6 Å². The van der Waals surface area contributed by atoms with E-state index in [0.29, 0.717) is 11.7 Å². The molecule has 0 spiro atoms. The predicted molar refractivity (Wildman–Crippen MR) is 80.8 cm³/mol. The fourth-order valence-corrected chi connectivity index (χ4v) is 3.41. The lowest BCUT2D eigenvalue weighted by atomic mass is 10.1. The van der Waals surface area contributed by atoms with Crippen molar-refractivity contribution in [3.8, 4) is 0 Å². The van der Waals surface area contributed by atoms with Gasteiger partial charge in [-0.1, -0.05) is 6.07 Å².